The molecule has 0 radical (unpaired) electrons. The van der Waals surface area contributed by atoms with E-state index in [2.05, 4.69) is 5.38 Å². The molecule has 2 rings (SSSR count). The van der Waals surface area contributed by atoms with Crippen LogP contribution in [0.1, 0.15) is 12.0 Å². The molecular weight excluding hydrogens is 184 g/mol. The largest absolute Gasteiger partial charge is 0.337 e. The molecule has 3 nitrogen and oxygen atoms in total. The van der Waals surface area contributed by atoms with E-state index in [0.29, 0.717) is 0 Å². The van der Waals surface area contributed by atoms with Crippen molar-refractivity contribution in [2.75, 3.05) is 6.54 Å². The standard InChI is InChI=1S/C9H12N2OS/c10-8-1-3-11(9(8)12)5-7-2-4-13-6-7/h2,4,6,8H,1,3,5,10H2. The molecule has 1 saturated heterocycles. The third kappa shape index (κ3) is 1.73. The van der Waals surface area contributed by atoms with Gasteiger partial charge in [0.05, 0.1) is 6.04 Å². The quantitative estimate of drug-likeness (QED) is 0.760. The molecule has 1 atom stereocenters. The normalized spacial score (nSPS) is 22.7. The second-order valence-electron chi connectivity index (χ2n) is 3.29. The van der Waals surface area contributed by atoms with Gasteiger partial charge >= 0.3 is 0 Å². The van der Waals surface area contributed by atoms with Gasteiger partial charge in [-0.25, -0.2) is 0 Å². The highest BCUT2D eigenvalue weighted by Gasteiger charge is 2.28. The molecule has 2 N–H and O–H groups in total. The summed E-state index contributed by atoms with van der Waals surface area (Å²) in [4.78, 5) is 13.3. The number of hydrogen-bond donors (Lipinski definition) is 1. The Morgan fingerprint density at radius 3 is 3.08 bits per heavy atom. The van der Waals surface area contributed by atoms with Crippen LogP contribution in [0.2, 0.25) is 0 Å². The Morgan fingerprint density at radius 2 is 2.54 bits per heavy atom. The molecular formula is C9H12N2OS. The number of rotatable bonds is 2. The zero-order valence-corrected chi connectivity index (χ0v) is 8.09. The van der Waals surface area contributed by atoms with Gasteiger partial charge in [0.25, 0.3) is 0 Å². The van der Waals surface area contributed by atoms with Crippen molar-refractivity contribution in [2.24, 2.45) is 5.73 Å². The number of nitrogens with two attached hydrogens (primary N) is 1. The lowest BCUT2D eigenvalue weighted by molar-refractivity contribution is -0.129. The van der Waals surface area contributed by atoms with E-state index in [1.165, 1.54) is 5.56 Å². The van der Waals surface area contributed by atoms with Gasteiger partial charge in [0, 0.05) is 13.1 Å². The number of likely N-dealkylation sites (tertiary alicyclic amines) is 1. The monoisotopic (exact) mass is 196 g/mol. The first kappa shape index (κ1) is 8.72. The molecule has 1 fully saturated rings. The molecule has 1 aromatic heterocycles. The summed E-state index contributed by atoms with van der Waals surface area (Å²) in [6.07, 6.45) is 0.795. The minimum absolute atomic E-state index is 0.0891. The van der Waals surface area contributed by atoms with Crippen LogP contribution in [0.15, 0.2) is 16.8 Å². The van der Waals surface area contributed by atoms with Gasteiger partial charge < -0.3 is 10.6 Å². The Morgan fingerprint density at radius 1 is 1.69 bits per heavy atom. The lowest BCUT2D eigenvalue weighted by atomic mass is 10.3. The summed E-state index contributed by atoms with van der Waals surface area (Å²) < 4.78 is 0. The van der Waals surface area contributed by atoms with E-state index in [9.17, 15) is 4.79 Å². The fourth-order valence-corrected chi connectivity index (χ4v) is 2.18. The topological polar surface area (TPSA) is 46.3 Å². The van der Waals surface area contributed by atoms with Crippen molar-refractivity contribution < 1.29 is 4.79 Å². The maximum atomic E-state index is 11.4. The molecule has 4 heteroatoms. The van der Waals surface area contributed by atoms with Crippen molar-refractivity contribution in [3.8, 4) is 0 Å². The Hall–Kier alpha value is -0.870. The Bertz CT molecular complexity index is 297. The summed E-state index contributed by atoms with van der Waals surface area (Å²) in [5.41, 5.74) is 6.81. The van der Waals surface area contributed by atoms with E-state index < -0.39 is 0 Å². The van der Waals surface area contributed by atoms with Crippen LogP contribution in [-0.2, 0) is 11.3 Å². The average molecular weight is 196 g/mol. The predicted octanol–water partition coefficient (Wildman–Crippen LogP) is 0.808. The molecule has 0 saturated carbocycles. The fourth-order valence-electron chi connectivity index (χ4n) is 1.52. The van der Waals surface area contributed by atoms with Gasteiger partial charge in [0.1, 0.15) is 0 Å². The Kier molecular flexibility index (Phi) is 2.33. The van der Waals surface area contributed by atoms with E-state index >= 15 is 0 Å². The van der Waals surface area contributed by atoms with Crippen LogP contribution in [0.5, 0.6) is 0 Å². The molecule has 1 amide bonds. The summed E-state index contributed by atoms with van der Waals surface area (Å²) in [7, 11) is 0. The van der Waals surface area contributed by atoms with Crippen molar-refractivity contribution in [2.45, 2.75) is 19.0 Å². The summed E-state index contributed by atoms with van der Waals surface area (Å²) in [6.45, 7) is 1.52. The SMILES string of the molecule is NC1CCN(Cc2ccsc2)C1=O. The smallest absolute Gasteiger partial charge is 0.239 e. The van der Waals surface area contributed by atoms with E-state index in [1.807, 2.05) is 16.3 Å². The molecule has 0 bridgehead atoms. The number of carbonyl (C=O) groups is 1. The van der Waals surface area contributed by atoms with Crippen LogP contribution in [-0.4, -0.2) is 23.4 Å². The average Bonchev–Trinajstić information content (AvgIpc) is 2.71. The summed E-state index contributed by atoms with van der Waals surface area (Å²) >= 11 is 1.66. The van der Waals surface area contributed by atoms with Gasteiger partial charge in [-0.05, 0) is 28.8 Å². The Balaban J connectivity index is 2.00. The minimum atomic E-state index is -0.265. The van der Waals surface area contributed by atoms with Crippen LogP contribution in [0.25, 0.3) is 0 Å². The molecule has 1 aliphatic heterocycles. The van der Waals surface area contributed by atoms with E-state index in [0.717, 1.165) is 19.5 Å². The van der Waals surface area contributed by atoms with Crippen LogP contribution in [0.4, 0.5) is 0 Å². The van der Waals surface area contributed by atoms with Crippen LogP contribution < -0.4 is 5.73 Å². The first-order valence-corrected chi connectivity index (χ1v) is 5.27. The number of hydrogen-bond acceptors (Lipinski definition) is 3. The highest BCUT2D eigenvalue weighted by Crippen LogP contribution is 2.15. The summed E-state index contributed by atoms with van der Waals surface area (Å²) in [5.74, 6) is 0.0891. The lowest BCUT2D eigenvalue weighted by Crippen LogP contribution is -2.33. The minimum Gasteiger partial charge on any atom is -0.337 e. The van der Waals surface area contributed by atoms with Gasteiger partial charge in [-0.2, -0.15) is 11.3 Å². The maximum absolute atomic E-state index is 11.4. The number of carbonyl (C=O) groups excluding carboxylic acids is 1. The molecule has 1 aromatic rings. The second kappa shape index (κ2) is 3.47. The third-order valence-electron chi connectivity index (χ3n) is 2.29. The number of amides is 1. The van der Waals surface area contributed by atoms with Crippen molar-refractivity contribution in [3.63, 3.8) is 0 Å². The highest BCUT2D eigenvalue weighted by atomic mass is 32.1. The van der Waals surface area contributed by atoms with Crippen molar-refractivity contribution in [3.05, 3.63) is 22.4 Å². The zero-order chi connectivity index (χ0) is 9.26. The van der Waals surface area contributed by atoms with Gasteiger partial charge in [-0.1, -0.05) is 0 Å². The molecule has 1 unspecified atom stereocenters. The van der Waals surface area contributed by atoms with E-state index in [-0.39, 0.29) is 11.9 Å². The summed E-state index contributed by atoms with van der Waals surface area (Å²) in [6, 6.07) is 1.78. The molecule has 0 spiro atoms. The highest BCUT2D eigenvalue weighted by molar-refractivity contribution is 7.07. The molecule has 0 aliphatic carbocycles. The summed E-state index contributed by atoms with van der Waals surface area (Å²) in [5, 5.41) is 4.09. The molecule has 1 aliphatic rings. The van der Waals surface area contributed by atoms with Crippen LogP contribution >= 0.6 is 11.3 Å². The molecule has 2 heterocycles. The lowest BCUT2D eigenvalue weighted by Gasteiger charge is -2.14. The van der Waals surface area contributed by atoms with Crippen LogP contribution in [0, 0.1) is 0 Å². The van der Waals surface area contributed by atoms with Gasteiger partial charge in [0.2, 0.25) is 5.91 Å². The third-order valence-corrected chi connectivity index (χ3v) is 3.02. The van der Waals surface area contributed by atoms with E-state index in [4.69, 9.17) is 5.73 Å². The van der Waals surface area contributed by atoms with Crippen LogP contribution in [0.3, 0.4) is 0 Å². The molecule has 13 heavy (non-hydrogen) atoms. The first-order valence-electron chi connectivity index (χ1n) is 4.33. The zero-order valence-electron chi connectivity index (χ0n) is 7.27. The molecule has 0 aromatic carbocycles. The van der Waals surface area contributed by atoms with Gasteiger partial charge in [0.15, 0.2) is 0 Å². The van der Waals surface area contributed by atoms with Crippen molar-refractivity contribution in [1.82, 2.24) is 4.90 Å². The second-order valence-corrected chi connectivity index (χ2v) is 4.07. The van der Waals surface area contributed by atoms with Gasteiger partial charge in [-0.15, -0.1) is 0 Å². The Labute approximate surface area is 81.2 Å². The number of thiophene rings is 1. The maximum Gasteiger partial charge on any atom is 0.239 e. The van der Waals surface area contributed by atoms with E-state index in [1.54, 1.807) is 11.3 Å². The molecule has 70 valence electrons. The predicted molar refractivity (Wildman–Crippen MR) is 52.3 cm³/mol. The van der Waals surface area contributed by atoms with Gasteiger partial charge in [-0.3, -0.25) is 4.79 Å². The van der Waals surface area contributed by atoms with Crippen molar-refractivity contribution in [1.29, 1.82) is 0 Å². The number of nitrogens with zero attached hydrogens (tertiary/aromatic N) is 1. The fraction of sp³-hybridized carbons (Fsp3) is 0.444. The van der Waals surface area contributed by atoms with Crippen molar-refractivity contribution >= 4 is 17.2 Å². The first-order chi connectivity index (χ1) is 6.27.